The van der Waals surface area contributed by atoms with Crippen molar-refractivity contribution in [2.75, 3.05) is 0 Å². The molecule has 0 aliphatic heterocycles. The van der Waals surface area contributed by atoms with E-state index >= 15 is 0 Å². The van der Waals surface area contributed by atoms with Crippen LogP contribution in [0.3, 0.4) is 0 Å². The van der Waals surface area contributed by atoms with E-state index in [1.165, 1.54) is 25.4 Å². The van der Waals surface area contributed by atoms with Crippen molar-refractivity contribution < 1.29 is 27.5 Å². The van der Waals surface area contributed by atoms with Crippen LogP contribution in [0.2, 0.25) is 0 Å². The molecular formula is C21H21F3N4O3. The number of esters is 1. The number of ether oxygens (including phenoxy) is 1. The molecule has 164 valence electrons. The first-order valence-corrected chi connectivity index (χ1v) is 9.40. The zero-order valence-corrected chi connectivity index (χ0v) is 17.7. The summed E-state index contributed by atoms with van der Waals surface area (Å²) in [6.07, 6.45) is -1.95. The number of ketones is 1. The number of alkyl halides is 3. The minimum atomic E-state index is -4.76. The minimum absolute atomic E-state index is 0.0125. The Morgan fingerprint density at radius 1 is 1.06 bits per heavy atom. The Bertz CT molecular complexity index is 1160. The van der Waals surface area contributed by atoms with Crippen molar-refractivity contribution in [1.82, 2.24) is 19.7 Å². The van der Waals surface area contributed by atoms with Crippen LogP contribution >= 0.6 is 0 Å². The first kappa shape index (κ1) is 22.4. The average Bonchev–Trinajstić information content (AvgIpc) is 2.97. The van der Waals surface area contributed by atoms with Gasteiger partial charge in [0.15, 0.2) is 5.78 Å². The summed E-state index contributed by atoms with van der Waals surface area (Å²) in [7, 11) is 0. The standard InChI is InChI=1S/C21H21F3N4O3/c1-11(29)18-15-6-13(14-8-25-12(2)26-9-14)7-16(21(22,23)24)19(15)28(27-18)10-17(30)31-20(3,4)5/h6-9H,10H2,1-5H3. The monoisotopic (exact) mass is 434 g/mol. The van der Waals surface area contributed by atoms with E-state index in [9.17, 15) is 22.8 Å². The first-order valence-electron chi connectivity index (χ1n) is 9.40. The van der Waals surface area contributed by atoms with Crippen LogP contribution < -0.4 is 0 Å². The van der Waals surface area contributed by atoms with Gasteiger partial charge in [0.25, 0.3) is 0 Å². The van der Waals surface area contributed by atoms with Gasteiger partial charge in [-0.1, -0.05) is 0 Å². The molecule has 0 spiro atoms. The van der Waals surface area contributed by atoms with Crippen LogP contribution in [0.15, 0.2) is 24.5 Å². The van der Waals surface area contributed by atoms with Gasteiger partial charge < -0.3 is 4.74 Å². The number of carbonyl (C=O) groups excluding carboxylic acids is 2. The van der Waals surface area contributed by atoms with Crippen molar-refractivity contribution in [3.8, 4) is 11.1 Å². The van der Waals surface area contributed by atoms with Crippen molar-refractivity contribution in [3.05, 3.63) is 41.6 Å². The lowest BCUT2D eigenvalue weighted by atomic mass is 10.00. The van der Waals surface area contributed by atoms with Crippen molar-refractivity contribution in [1.29, 1.82) is 0 Å². The van der Waals surface area contributed by atoms with Crippen molar-refractivity contribution in [2.24, 2.45) is 0 Å². The fourth-order valence-electron chi connectivity index (χ4n) is 3.11. The maximum absolute atomic E-state index is 14.0. The Labute approximate surface area is 176 Å². The van der Waals surface area contributed by atoms with Crippen LogP contribution in [0.1, 0.15) is 49.6 Å². The van der Waals surface area contributed by atoms with Crippen LogP contribution in [0, 0.1) is 6.92 Å². The summed E-state index contributed by atoms with van der Waals surface area (Å²) < 4.78 is 48.1. The quantitative estimate of drug-likeness (QED) is 0.448. The molecule has 0 saturated carbocycles. The van der Waals surface area contributed by atoms with Crippen LogP contribution in [0.5, 0.6) is 0 Å². The van der Waals surface area contributed by atoms with Gasteiger partial charge >= 0.3 is 12.1 Å². The number of hydrogen-bond donors (Lipinski definition) is 0. The molecule has 1 aromatic carbocycles. The number of benzene rings is 1. The largest absolute Gasteiger partial charge is 0.459 e. The van der Waals surface area contributed by atoms with Crippen LogP contribution in [-0.4, -0.2) is 37.1 Å². The molecule has 7 nitrogen and oxygen atoms in total. The van der Waals surface area contributed by atoms with Crippen molar-refractivity contribution in [2.45, 2.75) is 52.9 Å². The number of rotatable bonds is 4. The normalized spacial score (nSPS) is 12.3. The van der Waals surface area contributed by atoms with Crippen LogP contribution in [0.25, 0.3) is 22.0 Å². The molecule has 0 fully saturated rings. The summed E-state index contributed by atoms with van der Waals surface area (Å²) >= 11 is 0. The molecule has 0 bridgehead atoms. The average molecular weight is 434 g/mol. The number of carbonyl (C=O) groups is 2. The number of fused-ring (bicyclic) bond motifs is 1. The zero-order valence-electron chi connectivity index (χ0n) is 17.7. The SMILES string of the molecule is CC(=O)c1nn(CC(=O)OC(C)(C)C)c2c(C(F)(F)F)cc(-c3cnc(C)nc3)cc12. The van der Waals surface area contributed by atoms with E-state index in [0.29, 0.717) is 11.4 Å². The lowest BCUT2D eigenvalue weighted by Crippen LogP contribution is -2.27. The Kier molecular flexibility index (Phi) is 5.60. The highest BCUT2D eigenvalue weighted by Crippen LogP contribution is 2.39. The summed E-state index contributed by atoms with van der Waals surface area (Å²) in [5.41, 5.74) is -1.84. The van der Waals surface area contributed by atoms with Gasteiger partial charge in [0.2, 0.25) is 0 Å². The van der Waals surface area contributed by atoms with Gasteiger partial charge in [-0.2, -0.15) is 18.3 Å². The van der Waals surface area contributed by atoms with Gasteiger partial charge in [-0.05, 0) is 45.4 Å². The third-order valence-electron chi connectivity index (χ3n) is 4.30. The molecule has 3 aromatic rings. The van der Waals surface area contributed by atoms with Crippen molar-refractivity contribution in [3.63, 3.8) is 0 Å². The second kappa shape index (κ2) is 7.75. The molecule has 31 heavy (non-hydrogen) atoms. The molecule has 2 aromatic heterocycles. The van der Waals surface area contributed by atoms with Gasteiger partial charge in [0.1, 0.15) is 23.7 Å². The van der Waals surface area contributed by atoms with Gasteiger partial charge in [0.05, 0.1) is 11.1 Å². The molecule has 0 atom stereocenters. The maximum Gasteiger partial charge on any atom is 0.418 e. The second-order valence-electron chi connectivity index (χ2n) is 8.09. The Balaban J connectivity index is 2.26. The summed E-state index contributed by atoms with van der Waals surface area (Å²) in [4.78, 5) is 32.5. The van der Waals surface area contributed by atoms with E-state index in [2.05, 4.69) is 15.1 Å². The summed E-state index contributed by atoms with van der Waals surface area (Å²) in [5, 5.41) is 4.00. The molecule has 0 saturated heterocycles. The van der Waals surface area contributed by atoms with E-state index in [4.69, 9.17) is 4.74 Å². The highest BCUT2D eigenvalue weighted by atomic mass is 19.4. The topological polar surface area (TPSA) is 87.0 Å². The fourth-order valence-corrected chi connectivity index (χ4v) is 3.11. The maximum atomic E-state index is 14.0. The summed E-state index contributed by atoms with van der Waals surface area (Å²) in [6, 6.07) is 2.36. The first-order chi connectivity index (χ1) is 14.3. The minimum Gasteiger partial charge on any atom is -0.459 e. The fraction of sp³-hybridized carbons (Fsp3) is 0.381. The molecule has 0 aliphatic carbocycles. The smallest absolute Gasteiger partial charge is 0.418 e. The molecule has 0 N–H and O–H groups in total. The number of aryl methyl sites for hydroxylation is 1. The third-order valence-corrected chi connectivity index (χ3v) is 4.30. The number of aromatic nitrogens is 4. The molecule has 0 amide bonds. The van der Waals surface area contributed by atoms with Crippen LogP contribution in [-0.2, 0) is 22.3 Å². The number of hydrogen-bond acceptors (Lipinski definition) is 6. The summed E-state index contributed by atoms with van der Waals surface area (Å²) in [5.74, 6) is -0.829. The molecule has 3 rings (SSSR count). The highest BCUT2D eigenvalue weighted by Gasteiger charge is 2.36. The molecule has 10 heteroatoms. The lowest BCUT2D eigenvalue weighted by Gasteiger charge is -2.20. The van der Waals surface area contributed by atoms with Gasteiger partial charge in [0, 0.05) is 30.3 Å². The predicted octanol–water partition coefficient (Wildman–Crippen LogP) is 4.36. The number of halogens is 3. The molecule has 0 unspecified atom stereocenters. The number of Topliss-reactive ketones (excluding diaryl/α,β-unsaturated/α-hetero) is 1. The van der Waals surface area contributed by atoms with Gasteiger partial charge in [-0.3, -0.25) is 14.3 Å². The Morgan fingerprint density at radius 2 is 1.68 bits per heavy atom. The molecule has 0 radical (unpaired) electrons. The predicted molar refractivity (Wildman–Crippen MR) is 106 cm³/mol. The van der Waals surface area contributed by atoms with Gasteiger partial charge in [-0.15, -0.1) is 0 Å². The molecular weight excluding hydrogens is 413 g/mol. The van der Waals surface area contributed by atoms with E-state index in [1.807, 2.05) is 0 Å². The summed E-state index contributed by atoms with van der Waals surface area (Å²) in [6.45, 7) is 7.22. The highest BCUT2D eigenvalue weighted by molar-refractivity contribution is 6.07. The lowest BCUT2D eigenvalue weighted by molar-refractivity contribution is -0.155. The van der Waals surface area contributed by atoms with Gasteiger partial charge in [-0.25, -0.2) is 9.97 Å². The van der Waals surface area contributed by atoms with Crippen molar-refractivity contribution >= 4 is 22.7 Å². The van der Waals surface area contributed by atoms with E-state index < -0.39 is 35.6 Å². The molecule has 0 aliphatic rings. The van der Waals surface area contributed by atoms with E-state index in [-0.39, 0.29) is 22.2 Å². The Morgan fingerprint density at radius 3 is 2.19 bits per heavy atom. The van der Waals surface area contributed by atoms with E-state index in [0.717, 1.165) is 10.7 Å². The Hall–Kier alpha value is -3.30. The molecule has 2 heterocycles. The van der Waals surface area contributed by atoms with Crippen LogP contribution in [0.4, 0.5) is 13.2 Å². The van der Waals surface area contributed by atoms with E-state index in [1.54, 1.807) is 27.7 Å². The number of nitrogens with zero attached hydrogens (tertiary/aromatic N) is 4. The third kappa shape index (κ3) is 4.89. The zero-order chi connectivity index (χ0) is 23.1. The second-order valence-corrected chi connectivity index (χ2v) is 8.09.